The first-order valence-corrected chi connectivity index (χ1v) is 8.46. The van der Waals surface area contributed by atoms with E-state index in [0.717, 1.165) is 24.4 Å². The van der Waals surface area contributed by atoms with E-state index in [1.165, 1.54) is 35.7 Å². The summed E-state index contributed by atoms with van der Waals surface area (Å²) in [6, 6.07) is 0.519. The Bertz CT molecular complexity index is 434. The van der Waals surface area contributed by atoms with Crippen LogP contribution in [0.2, 0.25) is 0 Å². The Kier molecular flexibility index (Phi) is 5.08. The number of nitrogens with zero attached hydrogens (tertiary/aromatic N) is 3. The standard InChI is InChI=1S/C15H25N3S/c1-5-19-10-11(2)18(4)15-13-8-6-7-9-14(13)16-12(3)17-15/h11H,5-10H2,1-4H3. The molecule has 0 N–H and O–H groups in total. The molecule has 0 saturated carbocycles. The zero-order chi connectivity index (χ0) is 13.8. The van der Waals surface area contributed by atoms with E-state index in [1.54, 1.807) is 0 Å². The minimum atomic E-state index is 0.519. The Morgan fingerprint density at radius 2 is 2.00 bits per heavy atom. The lowest BCUT2D eigenvalue weighted by Crippen LogP contribution is -2.33. The van der Waals surface area contributed by atoms with Gasteiger partial charge in [-0.25, -0.2) is 9.97 Å². The Morgan fingerprint density at radius 1 is 1.26 bits per heavy atom. The number of hydrogen-bond acceptors (Lipinski definition) is 4. The molecule has 1 aliphatic rings. The monoisotopic (exact) mass is 279 g/mol. The molecule has 3 nitrogen and oxygen atoms in total. The number of thioether (sulfide) groups is 1. The van der Waals surface area contributed by atoms with Crippen molar-refractivity contribution in [2.45, 2.75) is 52.5 Å². The lowest BCUT2D eigenvalue weighted by molar-refractivity contribution is 0.646. The van der Waals surface area contributed by atoms with Gasteiger partial charge < -0.3 is 4.90 Å². The topological polar surface area (TPSA) is 29.0 Å². The van der Waals surface area contributed by atoms with Crippen LogP contribution in [0.5, 0.6) is 0 Å². The molecular formula is C15H25N3S. The number of hydrogen-bond donors (Lipinski definition) is 0. The molecule has 2 rings (SSSR count). The minimum Gasteiger partial charge on any atom is -0.356 e. The van der Waals surface area contributed by atoms with E-state index in [2.05, 4.69) is 30.8 Å². The van der Waals surface area contributed by atoms with Gasteiger partial charge in [0.1, 0.15) is 11.6 Å². The summed E-state index contributed by atoms with van der Waals surface area (Å²) in [6.45, 7) is 6.51. The minimum absolute atomic E-state index is 0.519. The number of rotatable bonds is 5. The van der Waals surface area contributed by atoms with Crippen LogP contribution in [0, 0.1) is 6.92 Å². The Labute approximate surface area is 121 Å². The average molecular weight is 279 g/mol. The van der Waals surface area contributed by atoms with Crippen LogP contribution >= 0.6 is 11.8 Å². The maximum Gasteiger partial charge on any atom is 0.135 e. The van der Waals surface area contributed by atoms with Gasteiger partial charge >= 0.3 is 0 Å². The lowest BCUT2D eigenvalue weighted by Gasteiger charge is -2.30. The lowest BCUT2D eigenvalue weighted by atomic mass is 9.96. The highest BCUT2D eigenvalue weighted by molar-refractivity contribution is 7.99. The van der Waals surface area contributed by atoms with Crippen molar-refractivity contribution in [3.63, 3.8) is 0 Å². The molecule has 106 valence electrons. The Hall–Kier alpha value is -0.770. The molecule has 1 aliphatic carbocycles. The van der Waals surface area contributed by atoms with Crippen molar-refractivity contribution in [2.24, 2.45) is 0 Å². The molecular weight excluding hydrogens is 254 g/mol. The van der Waals surface area contributed by atoms with E-state index in [0.29, 0.717) is 6.04 Å². The Morgan fingerprint density at radius 3 is 2.74 bits per heavy atom. The van der Waals surface area contributed by atoms with Crippen molar-refractivity contribution < 1.29 is 0 Å². The second-order valence-electron chi connectivity index (χ2n) is 5.35. The molecule has 1 heterocycles. The summed E-state index contributed by atoms with van der Waals surface area (Å²) in [4.78, 5) is 11.7. The van der Waals surface area contributed by atoms with Crippen LogP contribution < -0.4 is 4.90 Å². The number of aryl methyl sites for hydroxylation is 2. The van der Waals surface area contributed by atoms with E-state index >= 15 is 0 Å². The van der Waals surface area contributed by atoms with Crippen molar-refractivity contribution in [1.29, 1.82) is 0 Å². The van der Waals surface area contributed by atoms with Gasteiger partial charge in [-0.1, -0.05) is 6.92 Å². The van der Waals surface area contributed by atoms with Gasteiger partial charge in [-0.15, -0.1) is 0 Å². The number of aromatic nitrogens is 2. The van der Waals surface area contributed by atoms with Crippen molar-refractivity contribution >= 4 is 17.6 Å². The first kappa shape index (κ1) is 14.6. The molecule has 0 radical (unpaired) electrons. The summed E-state index contributed by atoms with van der Waals surface area (Å²) in [5, 5.41) is 0. The molecule has 4 heteroatoms. The van der Waals surface area contributed by atoms with E-state index in [1.807, 2.05) is 18.7 Å². The number of anilines is 1. The highest BCUT2D eigenvalue weighted by Crippen LogP contribution is 2.28. The average Bonchev–Trinajstić information content (AvgIpc) is 2.42. The first-order valence-electron chi connectivity index (χ1n) is 7.30. The maximum atomic E-state index is 4.72. The van der Waals surface area contributed by atoms with Crippen LogP contribution in [0.3, 0.4) is 0 Å². The second-order valence-corrected chi connectivity index (χ2v) is 6.67. The molecule has 0 saturated heterocycles. The van der Waals surface area contributed by atoms with E-state index in [-0.39, 0.29) is 0 Å². The smallest absolute Gasteiger partial charge is 0.135 e. The van der Waals surface area contributed by atoms with Crippen molar-refractivity contribution in [1.82, 2.24) is 9.97 Å². The van der Waals surface area contributed by atoms with Crippen LogP contribution in [0.4, 0.5) is 5.82 Å². The van der Waals surface area contributed by atoms with Gasteiger partial charge in [0, 0.05) is 30.1 Å². The van der Waals surface area contributed by atoms with Gasteiger partial charge in [0.2, 0.25) is 0 Å². The molecule has 1 aromatic heterocycles. The van der Waals surface area contributed by atoms with Gasteiger partial charge in [-0.3, -0.25) is 0 Å². The van der Waals surface area contributed by atoms with Crippen molar-refractivity contribution in [3.05, 3.63) is 17.1 Å². The summed E-state index contributed by atoms with van der Waals surface area (Å²) < 4.78 is 0. The van der Waals surface area contributed by atoms with Gasteiger partial charge in [-0.05, 0) is 45.3 Å². The molecule has 0 spiro atoms. The quantitative estimate of drug-likeness (QED) is 0.827. The fourth-order valence-corrected chi connectivity index (χ4v) is 3.40. The van der Waals surface area contributed by atoms with Crippen molar-refractivity contribution in [2.75, 3.05) is 23.5 Å². The molecule has 1 unspecified atom stereocenters. The van der Waals surface area contributed by atoms with Gasteiger partial charge in [0.25, 0.3) is 0 Å². The molecule has 0 aliphatic heterocycles. The molecule has 19 heavy (non-hydrogen) atoms. The fourth-order valence-electron chi connectivity index (χ4n) is 2.60. The van der Waals surface area contributed by atoms with Crippen molar-refractivity contribution in [3.8, 4) is 0 Å². The largest absolute Gasteiger partial charge is 0.356 e. The summed E-state index contributed by atoms with van der Waals surface area (Å²) in [7, 11) is 2.18. The second kappa shape index (κ2) is 6.60. The number of fused-ring (bicyclic) bond motifs is 1. The van der Waals surface area contributed by atoms with E-state index in [9.17, 15) is 0 Å². The normalized spacial score (nSPS) is 16.0. The zero-order valence-corrected chi connectivity index (χ0v) is 13.4. The predicted octanol–water partition coefficient (Wildman–Crippen LogP) is 3.24. The van der Waals surface area contributed by atoms with Gasteiger partial charge in [0.05, 0.1) is 0 Å². The Balaban J connectivity index is 2.25. The molecule has 0 amide bonds. The van der Waals surface area contributed by atoms with Crippen LogP contribution in [0.25, 0.3) is 0 Å². The molecule has 1 atom stereocenters. The summed E-state index contributed by atoms with van der Waals surface area (Å²) in [5.41, 5.74) is 2.68. The van der Waals surface area contributed by atoms with Crippen LogP contribution in [-0.2, 0) is 12.8 Å². The maximum absolute atomic E-state index is 4.72. The van der Waals surface area contributed by atoms with E-state index < -0.39 is 0 Å². The molecule has 0 bridgehead atoms. The van der Waals surface area contributed by atoms with Crippen LogP contribution in [-0.4, -0.2) is 34.6 Å². The van der Waals surface area contributed by atoms with Crippen LogP contribution in [0.1, 0.15) is 43.8 Å². The third kappa shape index (κ3) is 3.41. The fraction of sp³-hybridized carbons (Fsp3) is 0.733. The van der Waals surface area contributed by atoms with Gasteiger partial charge in [0.15, 0.2) is 0 Å². The third-order valence-corrected chi connectivity index (χ3v) is 4.96. The highest BCUT2D eigenvalue weighted by Gasteiger charge is 2.21. The zero-order valence-electron chi connectivity index (χ0n) is 12.6. The molecule has 0 fully saturated rings. The van der Waals surface area contributed by atoms with Gasteiger partial charge in [-0.2, -0.15) is 11.8 Å². The summed E-state index contributed by atoms with van der Waals surface area (Å²) in [5.74, 6) is 4.42. The molecule has 0 aromatic carbocycles. The molecule has 1 aromatic rings. The summed E-state index contributed by atoms with van der Waals surface area (Å²) >= 11 is 2.00. The highest BCUT2D eigenvalue weighted by atomic mass is 32.2. The van der Waals surface area contributed by atoms with E-state index in [4.69, 9.17) is 4.98 Å². The summed E-state index contributed by atoms with van der Waals surface area (Å²) in [6.07, 6.45) is 4.81. The SMILES string of the molecule is CCSCC(C)N(C)c1nc(C)nc2c1CCCC2. The van der Waals surface area contributed by atoms with Crippen LogP contribution in [0.15, 0.2) is 0 Å². The third-order valence-electron chi connectivity index (χ3n) is 3.83. The predicted molar refractivity (Wildman–Crippen MR) is 84.3 cm³/mol. The first-order chi connectivity index (χ1) is 9.13.